The predicted octanol–water partition coefficient (Wildman–Crippen LogP) is 7.65. The van der Waals surface area contributed by atoms with Gasteiger partial charge in [-0.05, 0) is 54.6 Å². The maximum atomic E-state index is 6.29. The lowest BCUT2D eigenvalue weighted by molar-refractivity contribution is -0.122. The molecule has 0 aliphatic heterocycles. The van der Waals surface area contributed by atoms with Crippen LogP contribution in [0.15, 0.2) is 23.5 Å². The third kappa shape index (κ3) is 8.02. The van der Waals surface area contributed by atoms with Crippen molar-refractivity contribution in [2.45, 2.75) is 105 Å². The summed E-state index contributed by atoms with van der Waals surface area (Å²) in [5.41, 5.74) is 1.48. The van der Waals surface area contributed by atoms with Crippen LogP contribution in [0, 0.1) is 23.7 Å². The molecule has 2 nitrogen and oxygen atoms in total. The summed E-state index contributed by atoms with van der Waals surface area (Å²) < 4.78 is 12.4. The zero-order valence-corrected chi connectivity index (χ0v) is 18.6. The second-order valence-electron chi connectivity index (χ2n) is 9.45. The van der Waals surface area contributed by atoms with Crippen molar-refractivity contribution in [3.63, 3.8) is 0 Å². The van der Waals surface area contributed by atoms with Crippen LogP contribution in [0.5, 0.6) is 0 Å². The van der Waals surface area contributed by atoms with Gasteiger partial charge >= 0.3 is 0 Å². The lowest BCUT2D eigenvalue weighted by Crippen LogP contribution is -2.20. The highest BCUT2D eigenvalue weighted by Gasteiger charge is 2.22. The van der Waals surface area contributed by atoms with Crippen molar-refractivity contribution >= 4 is 0 Å². The monoisotopic (exact) mass is 376 g/mol. The van der Waals surface area contributed by atoms with E-state index < -0.39 is 0 Å². The van der Waals surface area contributed by atoms with Crippen molar-refractivity contribution in [3.05, 3.63) is 23.5 Å². The quantitative estimate of drug-likeness (QED) is 0.345. The van der Waals surface area contributed by atoms with Gasteiger partial charge in [0.25, 0.3) is 0 Å². The highest BCUT2D eigenvalue weighted by Crippen LogP contribution is 2.33. The van der Waals surface area contributed by atoms with Crippen LogP contribution in [0.3, 0.4) is 0 Å². The molecule has 0 bridgehead atoms. The van der Waals surface area contributed by atoms with Crippen LogP contribution in [0.25, 0.3) is 0 Å². The Morgan fingerprint density at radius 1 is 1.07 bits per heavy atom. The second-order valence-corrected chi connectivity index (χ2v) is 9.45. The first-order valence-electron chi connectivity index (χ1n) is 11.7. The Kier molecular flexibility index (Phi) is 9.96. The average molecular weight is 377 g/mol. The van der Waals surface area contributed by atoms with Crippen LogP contribution in [0.1, 0.15) is 98.8 Å². The fourth-order valence-corrected chi connectivity index (χ4v) is 4.60. The van der Waals surface area contributed by atoms with E-state index in [9.17, 15) is 0 Å². The van der Waals surface area contributed by atoms with E-state index in [-0.39, 0.29) is 6.29 Å². The minimum Gasteiger partial charge on any atom is -0.469 e. The second kappa shape index (κ2) is 11.9. The molecule has 1 saturated carbocycles. The molecule has 2 unspecified atom stereocenters. The number of allylic oxidation sites excluding steroid dienone is 4. The van der Waals surface area contributed by atoms with Crippen LogP contribution in [-0.2, 0) is 9.47 Å². The first kappa shape index (κ1) is 22.5. The van der Waals surface area contributed by atoms with Gasteiger partial charge in [-0.2, -0.15) is 0 Å². The normalized spacial score (nSPS) is 21.1. The van der Waals surface area contributed by atoms with Crippen molar-refractivity contribution < 1.29 is 9.47 Å². The Labute approximate surface area is 168 Å². The van der Waals surface area contributed by atoms with Gasteiger partial charge in [0.15, 0.2) is 6.29 Å². The van der Waals surface area contributed by atoms with Gasteiger partial charge < -0.3 is 9.47 Å². The lowest BCUT2D eigenvalue weighted by Gasteiger charge is -2.28. The van der Waals surface area contributed by atoms with Crippen molar-refractivity contribution in [1.29, 1.82) is 0 Å². The molecule has 0 spiro atoms. The number of hydrogen-bond donors (Lipinski definition) is 0. The van der Waals surface area contributed by atoms with Gasteiger partial charge in [0.2, 0.25) is 0 Å². The summed E-state index contributed by atoms with van der Waals surface area (Å²) in [4.78, 5) is 0. The minimum atomic E-state index is -0.0817. The van der Waals surface area contributed by atoms with E-state index in [1.165, 1.54) is 50.5 Å². The molecule has 0 radical (unpaired) electrons. The molecule has 2 rings (SSSR count). The van der Waals surface area contributed by atoms with Crippen molar-refractivity contribution in [2.24, 2.45) is 23.7 Å². The SMILES string of the molecule is CCC(OCCC1CCCCC1)OC1=CC(C(CC(C)C)C(C)C)=CCC1. The summed E-state index contributed by atoms with van der Waals surface area (Å²) >= 11 is 0. The fourth-order valence-electron chi connectivity index (χ4n) is 4.60. The molecule has 0 saturated heterocycles. The van der Waals surface area contributed by atoms with E-state index in [4.69, 9.17) is 9.47 Å². The molecule has 1 fully saturated rings. The largest absolute Gasteiger partial charge is 0.469 e. The van der Waals surface area contributed by atoms with E-state index in [0.29, 0.717) is 11.8 Å². The van der Waals surface area contributed by atoms with Crippen LogP contribution in [0.4, 0.5) is 0 Å². The third-order valence-electron chi connectivity index (χ3n) is 6.23. The van der Waals surface area contributed by atoms with Gasteiger partial charge in [-0.25, -0.2) is 0 Å². The molecule has 2 atom stereocenters. The zero-order valence-electron chi connectivity index (χ0n) is 18.6. The molecule has 0 amide bonds. The molecule has 0 aromatic heterocycles. The first-order chi connectivity index (χ1) is 13.0. The molecular formula is C25H44O2. The number of rotatable bonds is 11. The van der Waals surface area contributed by atoms with E-state index in [1.54, 1.807) is 0 Å². The minimum absolute atomic E-state index is 0.0817. The molecule has 0 heterocycles. The molecule has 0 aromatic rings. The van der Waals surface area contributed by atoms with Crippen LogP contribution in [-0.4, -0.2) is 12.9 Å². The Bertz CT molecular complexity index is 469. The highest BCUT2D eigenvalue weighted by atomic mass is 16.7. The number of ether oxygens (including phenoxy) is 2. The summed E-state index contributed by atoms with van der Waals surface area (Å²) in [6.45, 7) is 12.4. The Hall–Kier alpha value is -0.760. The maximum Gasteiger partial charge on any atom is 0.199 e. The van der Waals surface area contributed by atoms with Gasteiger partial charge in [-0.1, -0.05) is 72.8 Å². The Morgan fingerprint density at radius 2 is 1.81 bits per heavy atom. The van der Waals surface area contributed by atoms with E-state index in [0.717, 1.165) is 43.5 Å². The topological polar surface area (TPSA) is 18.5 Å². The molecule has 27 heavy (non-hydrogen) atoms. The zero-order chi connectivity index (χ0) is 19.6. The van der Waals surface area contributed by atoms with E-state index >= 15 is 0 Å². The molecule has 0 aromatic carbocycles. The molecular weight excluding hydrogens is 332 g/mol. The van der Waals surface area contributed by atoms with Gasteiger partial charge in [-0.3, -0.25) is 0 Å². The lowest BCUT2D eigenvalue weighted by atomic mass is 9.80. The summed E-state index contributed by atoms with van der Waals surface area (Å²) in [5.74, 6) is 4.04. The Morgan fingerprint density at radius 3 is 2.44 bits per heavy atom. The van der Waals surface area contributed by atoms with Crippen LogP contribution in [0.2, 0.25) is 0 Å². The third-order valence-corrected chi connectivity index (χ3v) is 6.23. The van der Waals surface area contributed by atoms with Gasteiger partial charge in [0, 0.05) is 12.8 Å². The van der Waals surface area contributed by atoms with Crippen molar-refractivity contribution in [1.82, 2.24) is 0 Å². The Balaban J connectivity index is 1.85. The van der Waals surface area contributed by atoms with E-state index in [1.807, 2.05) is 0 Å². The summed E-state index contributed by atoms with van der Waals surface area (Å²) in [7, 11) is 0. The average Bonchev–Trinajstić information content (AvgIpc) is 2.66. The van der Waals surface area contributed by atoms with Crippen LogP contribution < -0.4 is 0 Å². The molecule has 2 aliphatic carbocycles. The van der Waals surface area contributed by atoms with Crippen molar-refractivity contribution in [2.75, 3.05) is 6.61 Å². The predicted molar refractivity (Wildman–Crippen MR) is 115 cm³/mol. The maximum absolute atomic E-state index is 6.29. The van der Waals surface area contributed by atoms with Gasteiger partial charge in [-0.15, -0.1) is 0 Å². The standard InChI is InChI=1S/C25H44O2/c1-6-25(26-16-15-21-11-8-7-9-12-21)27-23-14-10-13-22(18-23)24(20(4)5)17-19(2)3/h13,18-21,24-25H,6-12,14-17H2,1-5H3. The van der Waals surface area contributed by atoms with Gasteiger partial charge in [0.1, 0.15) is 5.76 Å². The molecule has 0 N–H and O–H groups in total. The summed E-state index contributed by atoms with van der Waals surface area (Å²) in [5, 5.41) is 0. The molecule has 2 heteroatoms. The van der Waals surface area contributed by atoms with E-state index in [2.05, 4.69) is 46.8 Å². The highest BCUT2D eigenvalue weighted by molar-refractivity contribution is 5.28. The molecule has 156 valence electrons. The van der Waals surface area contributed by atoms with Crippen LogP contribution >= 0.6 is 0 Å². The summed E-state index contributed by atoms with van der Waals surface area (Å²) in [6, 6.07) is 0. The number of hydrogen-bond acceptors (Lipinski definition) is 2. The van der Waals surface area contributed by atoms with Gasteiger partial charge in [0.05, 0.1) is 6.61 Å². The first-order valence-corrected chi connectivity index (χ1v) is 11.7. The smallest absolute Gasteiger partial charge is 0.199 e. The van der Waals surface area contributed by atoms with Crippen molar-refractivity contribution in [3.8, 4) is 0 Å². The summed E-state index contributed by atoms with van der Waals surface area (Å²) in [6.07, 6.45) is 17.2. The molecule has 2 aliphatic rings. The fraction of sp³-hybridized carbons (Fsp3) is 0.840.